The molecule has 5 atom stereocenters. The van der Waals surface area contributed by atoms with Crippen molar-refractivity contribution in [1.29, 1.82) is 0 Å². The molecule has 1 saturated carbocycles. The molecule has 1 aliphatic carbocycles. The molecule has 53 heavy (non-hydrogen) atoms. The monoisotopic (exact) mass is 727 g/mol. The van der Waals surface area contributed by atoms with Crippen molar-refractivity contribution in [2.45, 2.75) is 90.1 Å². The molecule has 2 aliphatic rings. The molecule has 282 valence electrons. The zero-order valence-electron chi connectivity index (χ0n) is 31.1. The van der Waals surface area contributed by atoms with Crippen molar-refractivity contribution in [3.63, 3.8) is 0 Å². The number of aromatic carboxylic acids is 1. The molecule has 1 aromatic heterocycles. The molecule has 1 aliphatic heterocycles. The number of likely N-dealkylation sites (tertiary alicyclic amines) is 1. The van der Waals surface area contributed by atoms with Crippen LogP contribution in [0.4, 0.5) is 4.79 Å². The molecular formula is C40H49N5O8. The van der Waals surface area contributed by atoms with Gasteiger partial charge < -0.3 is 35.4 Å². The van der Waals surface area contributed by atoms with Crippen molar-refractivity contribution in [2.75, 3.05) is 13.1 Å². The maximum atomic E-state index is 14.5. The van der Waals surface area contributed by atoms with Crippen LogP contribution in [-0.2, 0) is 25.5 Å². The molecule has 2 fully saturated rings. The summed E-state index contributed by atoms with van der Waals surface area (Å²) in [6, 6.07) is 13.5. The number of alkyl carbamates (subject to hydrolysis) is 1. The lowest BCUT2D eigenvalue weighted by Gasteiger charge is -2.36. The van der Waals surface area contributed by atoms with Crippen LogP contribution in [0.15, 0.2) is 73.4 Å². The predicted molar refractivity (Wildman–Crippen MR) is 198 cm³/mol. The predicted octanol–water partition coefficient (Wildman–Crippen LogP) is 4.64. The number of para-hydroxylation sites is 1. The average Bonchev–Trinajstić information content (AvgIpc) is 3.64. The van der Waals surface area contributed by atoms with E-state index in [4.69, 9.17) is 14.6 Å². The second-order valence-corrected chi connectivity index (χ2v) is 15.8. The standard InChI is InChI=1S/C40H49N5O8/c1-8-26-22-40(26,36(50)42-19-17-24-13-15-25(16-14-24)35(48)49)44-33(46)30-21-27(52-31-18-20-41-29-12-10-9-11-28(29)31)23-45(30)34(47)32(38(2,3)4)43-37(51)53-39(5,6)7/h8-16,18,20,26-27,30,32H,1,17,19,21-23H2,2-7H3,(H,42,50)(H,43,51)(H,44,46)(H,48,49)/t26?,27-,30?,32-,40?/m1/s1. The minimum Gasteiger partial charge on any atom is -0.488 e. The molecule has 3 aromatic rings. The number of hydrogen-bond donors (Lipinski definition) is 4. The number of nitrogens with zero attached hydrogens (tertiary/aromatic N) is 2. The molecule has 0 radical (unpaired) electrons. The number of aromatic nitrogens is 1. The fourth-order valence-electron chi connectivity index (χ4n) is 6.60. The Balaban J connectivity index is 1.37. The highest BCUT2D eigenvalue weighted by molar-refractivity contribution is 5.98. The van der Waals surface area contributed by atoms with Crippen molar-refractivity contribution in [3.8, 4) is 5.75 Å². The first kappa shape index (κ1) is 38.8. The molecule has 5 rings (SSSR count). The van der Waals surface area contributed by atoms with E-state index in [0.717, 1.165) is 16.5 Å². The van der Waals surface area contributed by atoms with Crippen molar-refractivity contribution >= 4 is 40.7 Å². The number of benzene rings is 2. The van der Waals surface area contributed by atoms with Gasteiger partial charge in [0.25, 0.3) is 0 Å². The molecule has 2 aromatic carbocycles. The van der Waals surface area contributed by atoms with E-state index in [1.165, 1.54) is 17.0 Å². The number of amides is 4. The normalized spacial score (nSPS) is 21.6. The highest BCUT2D eigenvalue weighted by Crippen LogP contribution is 2.45. The summed E-state index contributed by atoms with van der Waals surface area (Å²) in [6.07, 6.45) is 2.80. The van der Waals surface area contributed by atoms with E-state index in [9.17, 15) is 24.0 Å². The third kappa shape index (κ3) is 9.13. The zero-order valence-corrected chi connectivity index (χ0v) is 31.1. The van der Waals surface area contributed by atoms with Gasteiger partial charge in [-0.15, -0.1) is 6.58 Å². The fraction of sp³-hybridized carbons (Fsp3) is 0.450. The Morgan fingerprint density at radius 1 is 1.04 bits per heavy atom. The van der Waals surface area contributed by atoms with Gasteiger partial charge in [0, 0.05) is 30.5 Å². The van der Waals surface area contributed by atoms with Gasteiger partial charge in [-0.05, 0) is 74.9 Å². The number of carboxylic acids is 1. The molecule has 4 N–H and O–H groups in total. The van der Waals surface area contributed by atoms with Crippen molar-refractivity contribution < 1.29 is 38.6 Å². The van der Waals surface area contributed by atoms with E-state index < -0.39 is 58.6 Å². The first-order valence-corrected chi connectivity index (χ1v) is 17.8. The number of carbonyl (C=O) groups is 5. The third-order valence-corrected chi connectivity index (χ3v) is 9.48. The summed E-state index contributed by atoms with van der Waals surface area (Å²) in [6.45, 7) is 14.8. The summed E-state index contributed by atoms with van der Waals surface area (Å²) in [7, 11) is 0. The van der Waals surface area contributed by atoms with Crippen LogP contribution in [0.5, 0.6) is 5.75 Å². The molecule has 0 spiro atoms. The highest BCUT2D eigenvalue weighted by Gasteiger charge is 2.60. The first-order chi connectivity index (χ1) is 24.9. The van der Waals surface area contributed by atoms with Crippen LogP contribution in [-0.4, -0.2) is 87.2 Å². The minimum absolute atomic E-state index is 0.0426. The summed E-state index contributed by atoms with van der Waals surface area (Å²) in [5.41, 5.74) is -1.10. The van der Waals surface area contributed by atoms with Crippen molar-refractivity contribution in [3.05, 3.63) is 84.6 Å². The lowest BCUT2D eigenvalue weighted by atomic mass is 9.85. The third-order valence-electron chi connectivity index (χ3n) is 9.48. The van der Waals surface area contributed by atoms with Gasteiger partial charge in [-0.25, -0.2) is 9.59 Å². The van der Waals surface area contributed by atoms with Gasteiger partial charge >= 0.3 is 12.1 Å². The van der Waals surface area contributed by atoms with Gasteiger partial charge in [-0.2, -0.15) is 0 Å². The maximum absolute atomic E-state index is 14.5. The second-order valence-electron chi connectivity index (χ2n) is 15.8. The van der Waals surface area contributed by atoms with Crippen LogP contribution in [0.1, 0.15) is 70.3 Å². The Morgan fingerprint density at radius 2 is 1.74 bits per heavy atom. The number of carboxylic acid groups (broad SMARTS) is 1. The molecule has 1 saturated heterocycles. The molecule has 0 bridgehead atoms. The number of fused-ring (bicyclic) bond motifs is 1. The van der Waals surface area contributed by atoms with Crippen LogP contribution in [0.25, 0.3) is 10.9 Å². The minimum atomic E-state index is -1.26. The summed E-state index contributed by atoms with van der Waals surface area (Å²) in [4.78, 5) is 72.4. The number of pyridine rings is 1. The zero-order chi connectivity index (χ0) is 38.7. The van der Waals surface area contributed by atoms with Gasteiger partial charge in [0.1, 0.15) is 35.1 Å². The van der Waals surface area contributed by atoms with E-state index in [2.05, 4.69) is 27.5 Å². The van der Waals surface area contributed by atoms with E-state index >= 15 is 0 Å². The Morgan fingerprint density at radius 3 is 2.36 bits per heavy atom. The Bertz CT molecular complexity index is 1880. The topological polar surface area (TPSA) is 176 Å². The van der Waals surface area contributed by atoms with Crippen LogP contribution < -0.4 is 20.7 Å². The van der Waals surface area contributed by atoms with E-state index in [1.54, 1.807) is 51.2 Å². The Kier molecular flexibility index (Phi) is 11.2. The number of ether oxygens (including phenoxy) is 2. The van der Waals surface area contributed by atoms with Gasteiger partial charge in [-0.3, -0.25) is 19.4 Å². The van der Waals surface area contributed by atoms with Crippen LogP contribution in [0.3, 0.4) is 0 Å². The van der Waals surface area contributed by atoms with Crippen molar-refractivity contribution in [2.24, 2.45) is 11.3 Å². The van der Waals surface area contributed by atoms with E-state index in [1.807, 2.05) is 45.0 Å². The number of nitrogens with one attached hydrogen (secondary N) is 3. The SMILES string of the molecule is C=CC1CC1(NC(=O)C1C[C@@H](Oc2ccnc3ccccc23)CN1C(=O)[C@@H](NC(=O)OC(C)(C)C)C(C)(C)C)C(=O)NCCc1ccc(C(=O)O)cc1. The summed E-state index contributed by atoms with van der Waals surface area (Å²) in [5.74, 6) is -2.21. The van der Waals surface area contributed by atoms with Gasteiger partial charge in [0.15, 0.2) is 0 Å². The lowest BCUT2D eigenvalue weighted by molar-refractivity contribution is -0.143. The first-order valence-electron chi connectivity index (χ1n) is 17.8. The van der Waals surface area contributed by atoms with Crippen LogP contribution in [0, 0.1) is 11.3 Å². The second kappa shape index (κ2) is 15.3. The molecule has 13 heteroatoms. The quantitative estimate of drug-likeness (QED) is 0.194. The number of carbonyl (C=O) groups excluding carboxylic acids is 4. The van der Waals surface area contributed by atoms with E-state index in [-0.39, 0.29) is 36.9 Å². The van der Waals surface area contributed by atoms with Crippen LogP contribution in [0.2, 0.25) is 0 Å². The molecule has 3 unspecified atom stereocenters. The van der Waals surface area contributed by atoms with Crippen LogP contribution >= 0.6 is 0 Å². The summed E-state index contributed by atoms with van der Waals surface area (Å²) in [5, 5.41) is 18.6. The van der Waals surface area contributed by atoms with Crippen molar-refractivity contribution in [1.82, 2.24) is 25.8 Å². The Labute approximate surface area is 309 Å². The summed E-state index contributed by atoms with van der Waals surface area (Å²) < 4.78 is 11.9. The molecular weight excluding hydrogens is 678 g/mol. The summed E-state index contributed by atoms with van der Waals surface area (Å²) >= 11 is 0. The molecule has 2 heterocycles. The highest BCUT2D eigenvalue weighted by atomic mass is 16.6. The number of hydrogen-bond acceptors (Lipinski definition) is 8. The average molecular weight is 728 g/mol. The lowest BCUT2D eigenvalue weighted by Crippen LogP contribution is -2.60. The molecule has 4 amide bonds. The van der Waals surface area contributed by atoms with Gasteiger partial charge in [-0.1, -0.05) is 51.1 Å². The number of rotatable bonds is 12. The fourth-order valence-corrected chi connectivity index (χ4v) is 6.60. The van der Waals surface area contributed by atoms with E-state index in [0.29, 0.717) is 18.6 Å². The smallest absolute Gasteiger partial charge is 0.408 e. The maximum Gasteiger partial charge on any atom is 0.408 e. The molecule has 13 nitrogen and oxygen atoms in total. The van der Waals surface area contributed by atoms with Gasteiger partial charge in [0.2, 0.25) is 17.7 Å². The Hall–Kier alpha value is -5.46. The van der Waals surface area contributed by atoms with Gasteiger partial charge in [0.05, 0.1) is 17.6 Å². The largest absolute Gasteiger partial charge is 0.488 e.